The Balaban J connectivity index is 2.31. The fraction of sp³-hybridized carbons (Fsp3) is 0.250. The van der Waals surface area contributed by atoms with Gasteiger partial charge < -0.3 is 5.32 Å². The van der Waals surface area contributed by atoms with Crippen molar-refractivity contribution in [3.8, 4) is 0 Å². The molecule has 10 heteroatoms. The minimum Gasteiger partial charge on any atom is -0.340 e. The number of benzene rings is 2. The zero-order valence-electron chi connectivity index (χ0n) is 16.6. The molecule has 0 saturated heterocycles. The predicted octanol–water partition coefficient (Wildman–Crippen LogP) is 3.10. The van der Waals surface area contributed by atoms with E-state index in [0.717, 1.165) is 0 Å². The molecule has 0 spiro atoms. The van der Waals surface area contributed by atoms with Gasteiger partial charge in [-0.3, -0.25) is 4.79 Å². The Hall–Kier alpha value is -2.91. The summed E-state index contributed by atoms with van der Waals surface area (Å²) in [5.41, 5.74) is 0.252. The van der Waals surface area contributed by atoms with Crippen LogP contribution in [0.4, 0.5) is 10.5 Å². The van der Waals surface area contributed by atoms with Crippen LogP contribution >= 0.6 is 11.6 Å². The van der Waals surface area contributed by atoms with Gasteiger partial charge in [0.15, 0.2) is 5.78 Å². The summed E-state index contributed by atoms with van der Waals surface area (Å²) < 4.78 is 25.8. The number of hydrogen-bond donors (Lipinski definition) is 2. The predicted molar refractivity (Wildman–Crippen MR) is 116 cm³/mol. The number of nitrogens with zero attached hydrogens (tertiary/aromatic N) is 3. The number of anilines is 1. The van der Waals surface area contributed by atoms with Crippen molar-refractivity contribution in [2.24, 2.45) is 0 Å². The highest BCUT2D eigenvalue weighted by atomic mass is 35.5. The molecular weight excluding hydrogens is 428 g/mol. The molecule has 0 fully saturated rings. The molecule has 2 aromatic carbocycles. The number of fused-ring (bicyclic) bond motifs is 1. The third-order valence-electron chi connectivity index (χ3n) is 5.17. The van der Waals surface area contributed by atoms with Crippen molar-refractivity contribution in [1.29, 1.82) is 0 Å². The van der Waals surface area contributed by atoms with E-state index >= 15 is 0 Å². The van der Waals surface area contributed by atoms with Crippen LogP contribution in [-0.4, -0.2) is 37.1 Å². The molecule has 0 aliphatic heterocycles. The highest BCUT2D eigenvalue weighted by molar-refractivity contribution is 7.75. The van der Waals surface area contributed by atoms with Gasteiger partial charge in [0.25, 0.3) is 0 Å². The average Bonchev–Trinajstić information content (AvgIpc) is 3.15. The van der Waals surface area contributed by atoms with Crippen molar-refractivity contribution in [2.45, 2.75) is 25.8 Å². The number of halogens is 1. The van der Waals surface area contributed by atoms with Crippen LogP contribution in [-0.2, 0) is 21.2 Å². The lowest BCUT2D eigenvalue weighted by Gasteiger charge is -2.32. The number of carbonyl (C=O) groups excluding carboxylic acids is 2. The molecule has 0 aliphatic rings. The first-order chi connectivity index (χ1) is 14.3. The summed E-state index contributed by atoms with van der Waals surface area (Å²) in [5, 5.41) is 7.74. The highest BCUT2D eigenvalue weighted by Crippen LogP contribution is 2.36. The maximum absolute atomic E-state index is 12.9. The summed E-state index contributed by atoms with van der Waals surface area (Å²) in [7, 11) is -1.89. The maximum atomic E-state index is 12.9. The summed E-state index contributed by atoms with van der Waals surface area (Å²) in [5.74, 6) is -0.138. The maximum Gasteiger partial charge on any atom is 0.335 e. The number of thiol groups is 1. The standard InChI is InChI=1S/C20H21ClN4O4S/c1-4-20(13(2)26,14-8-10-15(21)11-9-14)25-18-7-5-6-17(16(18)12-23-25)24(30(28)29)19(27)22-3/h5-12,30H,4H2,1-3H3,(H,22,27). The van der Waals surface area contributed by atoms with E-state index in [9.17, 15) is 18.0 Å². The first-order valence-corrected chi connectivity index (χ1v) is 10.7. The number of nitrogens with one attached hydrogen (secondary N) is 1. The van der Waals surface area contributed by atoms with Gasteiger partial charge in [-0.1, -0.05) is 36.7 Å². The number of rotatable bonds is 6. The molecule has 0 saturated carbocycles. The van der Waals surface area contributed by atoms with E-state index in [1.54, 1.807) is 41.1 Å². The number of carbonyl (C=O) groups is 2. The van der Waals surface area contributed by atoms with Gasteiger partial charge in [-0.15, -0.1) is 0 Å². The zero-order valence-corrected chi connectivity index (χ0v) is 18.3. The lowest BCUT2D eigenvalue weighted by Crippen LogP contribution is -2.42. The number of Topliss-reactive ketones (excluding diaryl/α,β-unsaturated/α-hetero) is 1. The van der Waals surface area contributed by atoms with Crippen LogP contribution in [0.15, 0.2) is 48.7 Å². The molecule has 1 unspecified atom stereocenters. The van der Waals surface area contributed by atoms with Crippen molar-refractivity contribution >= 4 is 50.9 Å². The number of urea groups is 1. The molecule has 0 aliphatic carbocycles. The molecule has 3 aromatic rings. The van der Waals surface area contributed by atoms with Gasteiger partial charge >= 0.3 is 6.03 Å². The SMILES string of the molecule is CCC(C(C)=O)(c1ccc(Cl)cc1)n1ncc2c(N(C(=O)NC)[SH](=O)=O)cccc21. The van der Waals surface area contributed by atoms with Crippen LogP contribution in [0.3, 0.4) is 0 Å². The molecule has 0 bridgehead atoms. The topological polar surface area (TPSA) is 101 Å². The second kappa shape index (κ2) is 8.45. The van der Waals surface area contributed by atoms with Gasteiger partial charge in [0.2, 0.25) is 10.9 Å². The van der Waals surface area contributed by atoms with Crippen molar-refractivity contribution in [2.75, 3.05) is 11.4 Å². The lowest BCUT2D eigenvalue weighted by atomic mass is 9.83. The van der Waals surface area contributed by atoms with Crippen molar-refractivity contribution in [1.82, 2.24) is 15.1 Å². The first kappa shape index (κ1) is 21.8. The van der Waals surface area contributed by atoms with Crippen molar-refractivity contribution in [3.63, 3.8) is 0 Å². The molecule has 1 N–H and O–H groups in total. The van der Waals surface area contributed by atoms with Crippen LogP contribution in [0.25, 0.3) is 10.9 Å². The molecule has 158 valence electrons. The van der Waals surface area contributed by atoms with E-state index < -0.39 is 22.5 Å². The molecule has 0 radical (unpaired) electrons. The van der Waals surface area contributed by atoms with E-state index in [1.165, 1.54) is 26.2 Å². The zero-order chi connectivity index (χ0) is 22.1. The van der Waals surface area contributed by atoms with E-state index in [0.29, 0.717) is 32.2 Å². The Labute approximate surface area is 180 Å². The van der Waals surface area contributed by atoms with Gasteiger partial charge in [0.05, 0.1) is 17.4 Å². The Bertz CT molecular complexity index is 1180. The number of aromatic nitrogens is 2. The summed E-state index contributed by atoms with van der Waals surface area (Å²) in [6.45, 7) is 3.36. The normalized spacial score (nSPS) is 13.2. The molecule has 3 rings (SSSR count). The molecule has 30 heavy (non-hydrogen) atoms. The Kier molecular flexibility index (Phi) is 6.14. The molecule has 1 aromatic heterocycles. The second-order valence-corrected chi connectivity index (χ2v) is 7.96. The number of ketones is 1. The summed E-state index contributed by atoms with van der Waals surface area (Å²) in [4.78, 5) is 25.1. The first-order valence-electron chi connectivity index (χ1n) is 9.18. The van der Waals surface area contributed by atoms with E-state index in [2.05, 4.69) is 10.4 Å². The third-order valence-corrected chi connectivity index (χ3v) is 6.14. The molecule has 2 amide bonds. The Morgan fingerprint density at radius 2 is 1.87 bits per heavy atom. The van der Waals surface area contributed by atoms with Crippen LogP contribution in [0, 0.1) is 0 Å². The van der Waals surface area contributed by atoms with Crippen LogP contribution in [0.5, 0.6) is 0 Å². The van der Waals surface area contributed by atoms with Gasteiger partial charge in [-0.05, 0) is 43.2 Å². The molecule has 8 nitrogen and oxygen atoms in total. The third kappa shape index (κ3) is 3.44. The lowest BCUT2D eigenvalue weighted by molar-refractivity contribution is -0.124. The number of hydrogen-bond acceptors (Lipinski definition) is 5. The summed E-state index contributed by atoms with van der Waals surface area (Å²) in [6, 6.07) is 11.0. The van der Waals surface area contributed by atoms with Gasteiger partial charge in [0, 0.05) is 17.5 Å². The van der Waals surface area contributed by atoms with E-state index in [4.69, 9.17) is 11.6 Å². The molecular formula is C20H21ClN4O4S. The number of amides is 2. The monoisotopic (exact) mass is 448 g/mol. The van der Waals surface area contributed by atoms with E-state index in [1.807, 2.05) is 6.92 Å². The minimum atomic E-state index is -3.24. The van der Waals surface area contributed by atoms with Crippen LogP contribution in [0.2, 0.25) is 5.02 Å². The summed E-state index contributed by atoms with van der Waals surface area (Å²) in [6.07, 6.45) is 1.86. The van der Waals surface area contributed by atoms with Crippen molar-refractivity contribution in [3.05, 3.63) is 59.2 Å². The van der Waals surface area contributed by atoms with Crippen LogP contribution in [0.1, 0.15) is 25.8 Å². The van der Waals surface area contributed by atoms with Gasteiger partial charge in [0.1, 0.15) is 5.54 Å². The average molecular weight is 449 g/mol. The van der Waals surface area contributed by atoms with Gasteiger partial charge in [-0.2, -0.15) is 9.40 Å². The quantitative estimate of drug-likeness (QED) is 0.564. The molecule has 1 atom stereocenters. The smallest absolute Gasteiger partial charge is 0.335 e. The second-order valence-electron chi connectivity index (χ2n) is 6.65. The largest absolute Gasteiger partial charge is 0.340 e. The molecule has 1 heterocycles. The van der Waals surface area contributed by atoms with E-state index in [-0.39, 0.29) is 11.5 Å². The van der Waals surface area contributed by atoms with Crippen LogP contribution < -0.4 is 9.62 Å². The minimum absolute atomic E-state index is 0.138. The Morgan fingerprint density at radius 1 is 1.20 bits per heavy atom. The summed E-state index contributed by atoms with van der Waals surface area (Å²) >= 11 is 6.02. The highest BCUT2D eigenvalue weighted by Gasteiger charge is 2.40. The van der Waals surface area contributed by atoms with Gasteiger partial charge in [-0.25, -0.2) is 17.9 Å². The fourth-order valence-corrected chi connectivity index (χ4v) is 4.43. The fourth-order valence-electron chi connectivity index (χ4n) is 3.71. The Morgan fingerprint density at radius 3 is 2.40 bits per heavy atom. The van der Waals surface area contributed by atoms with Crippen molar-refractivity contribution < 1.29 is 18.0 Å².